The molecular weight excluding hydrogens is 502 g/mol. The standard InChI is InChI=1S/C25H20ClN5O2S2/c1-33-18-11-5-2-8-15(18)23-22(26)24(32)31(23)30-21(27-28-25(30)34)14-29-16-9-3-6-12-19(16)35-20-13-7-4-10-17(20)29/h2-13,22-23H,14H2,1H3,(H,28,34). The second-order valence-electron chi connectivity index (χ2n) is 8.15. The van der Waals surface area contributed by atoms with Crippen LogP contribution in [-0.4, -0.2) is 33.3 Å². The number of nitrogens with zero attached hydrogens (tertiary/aromatic N) is 4. The van der Waals surface area contributed by atoms with Crippen LogP contribution in [0.4, 0.5) is 11.4 Å². The lowest BCUT2D eigenvalue weighted by molar-refractivity contribution is -0.126. The lowest BCUT2D eigenvalue weighted by atomic mass is 9.94. The summed E-state index contributed by atoms with van der Waals surface area (Å²) in [4.78, 5) is 17.6. The van der Waals surface area contributed by atoms with Crippen molar-refractivity contribution in [3.05, 3.63) is 89.0 Å². The number of methoxy groups -OCH3 is 1. The number of H-pyrrole nitrogens is 1. The van der Waals surface area contributed by atoms with Crippen molar-refractivity contribution in [1.82, 2.24) is 14.9 Å². The first kappa shape index (κ1) is 22.2. The first-order valence-electron chi connectivity index (χ1n) is 11.0. The van der Waals surface area contributed by atoms with Gasteiger partial charge < -0.3 is 9.64 Å². The summed E-state index contributed by atoms with van der Waals surface area (Å²) >= 11 is 13.9. The van der Waals surface area contributed by atoms with Gasteiger partial charge in [-0.25, -0.2) is 9.69 Å². The predicted octanol–water partition coefficient (Wildman–Crippen LogP) is 5.58. The van der Waals surface area contributed by atoms with Crippen LogP contribution in [0.15, 0.2) is 82.6 Å². The SMILES string of the molecule is COc1ccccc1C1C(Cl)C(=O)N1n1c(CN2c3ccccc3Sc3ccccc32)n[nH]c1=S. The predicted molar refractivity (Wildman–Crippen MR) is 139 cm³/mol. The number of aromatic nitrogens is 3. The zero-order valence-corrected chi connectivity index (χ0v) is 21.0. The average molecular weight is 522 g/mol. The van der Waals surface area contributed by atoms with Crippen LogP contribution in [-0.2, 0) is 11.3 Å². The number of carbonyl (C=O) groups excluding carboxylic acids is 1. The molecule has 0 aliphatic carbocycles. The number of rotatable bonds is 5. The van der Waals surface area contributed by atoms with Gasteiger partial charge in [0.25, 0.3) is 5.91 Å². The van der Waals surface area contributed by atoms with E-state index >= 15 is 0 Å². The molecule has 0 radical (unpaired) electrons. The van der Waals surface area contributed by atoms with Gasteiger partial charge in [0.15, 0.2) is 5.82 Å². The smallest absolute Gasteiger partial charge is 0.262 e. The van der Waals surface area contributed by atoms with Crippen molar-refractivity contribution in [2.45, 2.75) is 27.8 Å². The molecule has 4 aromatic rings. The van der Waals surface area contributed by atoms with Crippen LogP contribution < -0.4 is 14.6 Å². The summed E-state index contributed by atoms with van der Waals surface area (Å²) in [7, 11) is 1.60. The number of anilines is 2. The summed E-state index contributed by atoms with van der Waals surface area (Å²) in [6.45, 7) is 0.400. The van der Waals surface area contributed by atoms with Crippen molar-refractivity contribution in [3.63, 3.8) is 0 Å². The van der Waals surface area contributed by atoms with Crippen molar-refractivity contribution in [2.24, 2.45) is 0 Å². The minimum Gasteiger partial charge on any atom is -0.496 e. The fourth-order valence-electron chi connectivity index (χ4n) is 4.61. The summed E-state index contributed by atoms with van der Waals surface area (Å²) in [5.74, 6) is 1.02. The van der Waals surface area contributed by atoms with E-state index in [-0.39, 0.29) is 5.91 Å². The van der Waals surface area contributed by atoms with Gasteiger partial charge in [-0.3, -0.25) is 9.89 Å². The number of nitrogens with one attached hydrogen (secondary N) is 1. The molecule has 3 aromatic carbocycles. The Morgan fingerprint density at radius 1 is 1.03 bits per heavy atom. The number of β-lactam (4-membered cyclic amide) rings is 1. The van der Waals surface area contributed by atoms with Crippen LogP contribution in [0.5, 0.6) is 5.75 Å². The molecule has 0 spiro atoms. The van der Waals surface area contributed by atoms with Gasteiger partial charge in [0.2, 0.25) is 4.77 Å². The number of para-hydroxylation sites is 3. The summed E-state index contributed by atoms with van der Waals surface area (Å²) in [6, 6.07) is 23.6. The molecule has 2 atom stereocenters. The lowest BCUT2D eigenvalue weighted by Gasteiger charge is -2.45. The molecular formula is C25H20ClN5O2S2. The van der Waals surface area contributed by atoms with Crippen molar-refractivity contribution in [1.29, 1.82) is 0 Å². The Hall–Kier alpha value is -3.27. The molecule has 1 saturated heterocycles. The third kappa shape index (κ3) is 3.53. The number of carbonyl (C=O) groups is 1. The van der Waals surface area contributed by atoms with E-state index < -0.39 is 11.4 Å². The first-order valence-corrected chi connectivity index (χ1v) is 12.6. The number of fused-ring (bicyclic) bond motifs is 2. The van der Waals surface area contributed by atoms with Crippen LogP contribution in [0, 0.1) is 4.77 Å². The van der Waals surface area contributed by atoms with E-state index in [0.717, 1.165) is 26.7 Å². The highest BCUT2D eigenvalue weighted by Crippen LogP contribution is 2.48. The zero-order chi connectivity index (χ0) is 24.1. The number of aromatic amines is 1. The Kier molecular flexibility index (Phi) is 5.55. The molecule has 7 nitrogen and oxygen atoms in total. The maximum absolute atomic E-state index is 13.1. The van der Waals surface area contributed by atoms with Crippen LogP contribution in [0.1, 0.15) is 17.4 Å². The van der Waals surface area contributed by atoms with Crippen LogP contribution in [0.2, 0.25) is 0 Å². The molecule has 6 rings (SSSR count). The van der Waals surface area contributed by atoms with E-state index in [1.807, 2.05) is 48.5 Å². The highest BCUT2D eigenvalue weighted by molar-refractivity contribution is 7.99. The van der Waals surface area contributed by atoms with Crippen molar-refractivity contribution in [3.8, 4) is 5.75 Å². The van der Waals surface area contributed by atoms with E-state index in [1.165, 1.54) is 0 Å². The fraction of sp³-hybridized carbons (Fsp3) is 0.160. The molecule has 2 unspecified atom stereocenters. The Morgan fingerprint density at radius 2 is 1.66 bits per heavy atom. The Bertz CT molecular complexity index is 1460. The Balaban J connectivity index is 1.43. The molecule has 1 N–H and O–H groups in total. The van der Waals surface area contributed by atoms with Gasteiger partial charge in [-0.2, -0.15) is 5.10 Å². The molecule has 1 aromatic heterocycles. The average Bonchev–Trinajstić information content (AvgIpc) is 3.25. The third-order valence-electron chi connectivity index (χ3n) is 6.22. The number of hydrogen-bond donors (Lipinski definition) is 1. The number of ether oxygens (including phenoxy) is 1. The normalized spacial score (nSPS) is 18.6. The van der Waals surface area contributed by atoms with Crippen LogP contribution in [0.25, 0.3) is 0 Å². The molecule has 176 valence electrons. The van der Waals surface area contributed by atoms with E-state index in [4.69, 9.17) is 28.6 Å². The topological polar surface area (TPSA) is 66.4 Å². The highest BCUT2D eigenvalue weighted by Gasteiger charge is 2.50. The van der Waals surface area contributed by atoms with Gasteiger partial charge in [0.1, 0.15) is 17.2 Å². The molecule has 1 fully saturated rings. The minimum atomic E-state index is -0.733. The van der Waals surface area contributed by atoms with Gasteiger partial charge >= 0.3 is 0 Å². The van der Waals surface area contributed by atoms with Gasteiger partial charge in [0.05, 0.1) is 25.0 Å². The maximum Gasteiger partial charge on any atom is 0.262 e. The second kappa shape index (κ2) is 8.75. The molecule has 10 heteroatoms. The zero-order valence-electron chi connectivity index (χ0n) is 18.6. The molecule has 35 heavy (non-hydrogen) atoms. The maximum atomic E-state index is 13.1. The fourth-order valence-corrected chi connectivity index (χ4v) is 6.28. The van der Waals surface area contributed by atoms with Crippen molar-refractivity contribution < 1.29 is 9.53 Å². The molecule has 2 aliphatic heterocycles. The van der Waals surface area contributed by atoms with E-state index in [1.54, 1.807) is 28.6 Å². The molecule has 0 bridgehead atoms. The third-order valence-corrected chi connectivity index (χ3v) is 8.04. The van der Waals surface area contributed by atoms with Gasteiger partial charge in [-0.15, -0.1) is 11.6 Å². The summed E-state index contributed by atoms with van der Waals surface area (Å²) < 4.78 is 7.54. The van der Waals surface area contributed by atoms with Crippen molar-refractivity contribution >= 4 is 52.9 Å². The minimum absolute atomic E-state index is 0.240. The number of benzene rings is 3. The van der Waals surface area contributed by atoms with Crippen LogP contribution in [0.3, 0.4) is 0 Å². The summed E-state index contributed by atoms with van der Waals surface area (Å²) in [5, 5.41) is 8.24. The van der Waals surface area contributed by atoms with E-state index in [9.17, 15) is 4.79 Å². The summed E-state index contributed by atoms with van der Waals surface area (Å²) in [5.41, 5.74) is 2.96. The second-order valence-corrected chi connectivity index (χ2v) is 10.1. The van der Waals surface area contributed by atoms with Gasteiger partial charge in [-0.1, -0.05) is 54.2 Å². The molecule has 1 amide bonds. The largest absolute Gasteiger partial charge is 0.496 e. The van der Waals surface area contributed by atoms with Gasteiger partial charge in [0, 0.05) is 15.4 Å². The number of halogens is 1. The Morgan fingerprint density at radius 3 is 2.34 bits per heavy atom. The highest BCUT2D eigenvalue weighted by atomic mass is 35.5. The molecule has 2 aliphatic rings. The summed E-state index contributed by atoms with van der Waals surface area (Å²) in [6.07, 6.45) is 0. The van der Waals surface area contributed by atoms with E-state index in [0.29, 0.717) is 22.9 Å². The first-order chi connectivity index (χ1) is 17.1. The molecule has 0 saturated carbocycles. The van der Waals surface area contributed by atoms with E-state index in [2.05, 4.69) is 39.4 Å². The lowest BCUT2D eigenvalue weighted by Crippen LogP contribution is -2.62. The monoisotopic (exact) mass is 521 g/mol. The number of hydrogen-bond acceptors (Lipinski definition) is 6. The van der Waals surface area contributed by atoms with Crippen molar-refractivity contribution in [2.75, 3.05) is 17.0 Å². The number of amides is 1. The Labute approximate surface area is 216 Å². The molecule has 3 heterocycles. The van der Waals surface area contributed by atoms with Crippen LogP contribution >= 0.6 is 35.6 Å². The number of alkyl halides is 1. The quantitative estimate of drug-likeness (QED) is 0.210. The van der Waals surface area contributed by atoms with Gasteiger partial charge in [-0.05, 0) is 42.5 Å².